The number of halogens is 2. The molecule has 8 heteroatoms. The molecule has 0 saturated carbocycles. The van der Waals surface area contributed by atoms with Crippen LogP contribution in [-0.2, 0) is 22.6 Å². The van der Waals surface area contributed by atoms with Crippen molar-refractivity contribution in [1.82, 2.24) is 5.32 Å². The lowest BCUT2D eigenvalue weighted by Gasteiger charge is -2.26. The van der Waals surface area contributed by atoms with Gasteiger partial charge in [0.05, 0.1) is 5.69 Å². The number of barbiturate groups is 1. The summed E-state index contributed by atoms with van der Waals surface area (Å²) >= 11 is 7.06. The van der Waals surface area contributed by atoms with Gasteiger partial charge >= 0.3 is 6.03 Å². The number of nitrogens with zero attached hydrogens (tertiary/aromatic N) is 1. The zero-order chi connectivity index (χ0) is 27.4. The van der Waals surface area contributed by atoms with Gasteiger partial charge in [0.15, 0.2) is 0 Å². The summed E-state index contributed by atoms with van der Waals surface area (Å²) in [5.41, 5.74) is 3.88. The van der Waals surface area contributed by atoms with Crippen LogP contribution in [0.1, 0.15) is 22.3 Å². The van der Waals surface area contributed by atoms with Crippen LogP contribution in [0.3, 0.4) is 0 Å². The second-order valence-corrected chi connectivity index (χ2v) is 10.6. The van der Waals surface area contributed by atoms with Gasteiger partial charge in [0.2, 0.25) is 0 Å². The van der Waals surface area contributed by atoms with E-state index in [4.69, 9.17) is 4.74 Å². The molecule has 0 atom stereocenters. The SMILES string of the molecule is O=C1NC(=O)N(c2ccc(OCc3ccccc3)cc2)C(=O)/C1=C/c1cc(Br)ccc1Cc1ccccc1Br. The van der Waals surface area contributed by atoms with E-state index in [1.165, 1.54) is 6.08 Å². The van der Waals surface area contributed by atoms with E-state index in [9.17, 15) is 14.4 Å². The summed E-state index contributed by atoms with van der Waals surface area (Å²) in [6.07, 6.45) is 2.11. The first kappa shape index (κ1) is 26.6. The van der Waals surface area contributed by atoms with E-state index in [0.717, 1.165) is 30.5 Å². The molecule has 6 nitrogen and oxygen atoms in total. The van der Waals surface area contributed by atoms with E-state index in [1.807, 2.05) is 72.8 Å². The number of imide groups is 2. The molecule has 1 aliphatic heterocycles. The first-order valence-electron chi connectivity index (χ1n) is 12.1. The van der Waals surface area contributed by atoms with Gasteiger partial charge in [-0.25, -0.2) is 9.69 Å². The molecule has 1 heterocycles. The average molecular weight is 646 g/mol. The third-order valence-electron chi connectivity index (χ3n) is 6.19. The number of amides is 4. The van der Waals surface area contributed by atoms with Crippen molar-refractivity contribution < 1.29 is 19.1 Å². The number of benzene rings is 4. The van der Waals surface area contributed by atoms with Crippen molar-refractivity contribution in [3.05, 3.63) is 134 Å². The summed E-state index contributed by atoms with van der Waals surface area (Å²) in [5, 5.41) is 2.29. The number of nitrogens with one attached hydrogen (secondary N) is 1. The smallest absolute Gasteiger partial charge is 0.335 e. The number of ether oxygens (including phenoxy) is 1. The highest BCUT2D eigenvalue weighted by Crippen LogP contribution is 2.28. The van der Waals surface area contributed by atoms with E-state index in [1.54, 1.807) is 24.3 Å². The lowest BCUT2D eigenvalue weighted by Crippen LogP contribution is -2.54. The molecule has 1 fully saturated rings. The molecule has 1 saturated heterocycles. The van der Waals surface area contributed by atoms with Crippen LogP contribution in [0, 0.1) is 0 Å². The lowest BCUT2D eigenvalue weighted by atomic mass is 9.97. The van der Waals surface area contributed by atoms with E-state index in [-0.39, 0.29) is 5.57 Å². The van der Waals surface area contributed by atoms with Crippen molar-refractivity contribution >= 4 is 61.5 Å². The maximum Gasteiger partial charge on any atom is 0.335 e. The van der Waals surface area contributed by atoms with Crippen LogP contribution < -0.4 is 15.0 Å². The van der Waals surface area contributed by atoms with Gasteiger partial charge in [0.1, 0.15) is 17.9 Å². The summed E-state index contributed by atoms with van der Waals surface area (Å²) < 4.78 is 7.57. The second kappa shape index (κ2) is 11.8. The maximum atomic E-state index is 13.5. The molecule has 0 spiro atoms. The number of hydrogen-bond donors (Lipinski definition) is 1. The van der Waals surface area contributed by atoms with E-state index >= 15 is 0 Å². The number of carbonyl (C=O) groups excluding carboxylic acids is 3. The minimum atomic E-state index is -0.803. The normalized spacial score (nSPS) is 14.5. The van der Waals surface area contributed by atoms with E-state index in [2.05, 4.69) is 37.2 Å². The Morgan fingerprint density at radius 1 is 0.795 bits per heavy atom. The molecule has 0 radical (unpaired) electrons. The quantitative estimate of drug-likeness (QED) is 0.173. The third-order valence-corrected chi connectivity index (χ3v) is 7.46. The Labute approximate surface area is 242 Å². The van der Waals surface area contributed by atoms with Crippen LogP contribution in [0.2, 0.25) is 0 Å². The molecule has 1 aliphatic rings. The summed E-state index contributed by atoms with van der Waals surface area (Å²) in [6.45, 7) is 0.388. The number of carbonyl (C=O) groups is 3. The fraction of sp³-hybridized carbons (Fsp3) is 0.0645. The predicted molar refractivity (Wildman–Crippen MR) is 157 cm³/mol. The lowest BCUT2D eigenvalue weighted by molar-refractivity contribution is -0.122. The largest absolute Gasteiger partial charge is 0.489 e. The van der Waals surface area contributed by atoms with E-state index in [0.29, 0.717) is 30.0 Å². The standard InChI is InChI=1S/C31H22Br2N2O4/c32-24-11-10-21(16-22-8-4-5-9-28(22)33)23(17-24)18-27-29(36)34-31(38)35(30(27)37)25-12-14-26(15-13-25)39-19-20-6-2-1-3-7-20/h1-15,17-18H,16,19H2,(H,34,36,38)/b27-18+. The van der Waals surface area contributed by atoms with Crippen molar-refractivity contribution in [2.75, 3.05) is 4.90 Å². The fourth-order valence-electron chi connectivity index (χ4n) is 4.19. The summed E-state index contributed by atoms with van der Waals surface area (Å²) in [6, 6.07) is 29.1. The molecule has 0 aromatic heterocycles. The first-order valence-corrected chi connectivity index (χ1v) is 13.7. The highest BCUT2D eigenvalue weighted by atomic mass is 79.9. The molecule has 0 aliphatic carbocycles. The van der Waals surface area contributed by atoms with Crippen molar-refractivity contribution in [3.63, 3.8) is 0 Å². The van der Waals surface area contributed by atoms with Gasteiger partial charge in [-0.1, -0.05) is 86.5 Å². The molecule has 4 aromatic rings. The number of anilines is 1. The van der Waals surface area contributed by atoms with Crippen LogP contribution in [0.15, 0.2) is 112 Å². The highest BCUT2D eigenvalue weighted by Gasteiger charge is 2.37. The molecule has 194 valence electrons. The fourth-order valence-corrected chi connectivity index (χ4v) is 4.99. The van der Waals surface area contributed by atoms with Crippen LogP contribution in [0.4, 0.5) is 10.5 Å². The van der Waals surface area contributed by atoms with Gasteiger partial charge in [-0.2, -0.15) is 0 Å². The molecule has 0 bridgehead atoms. The summed E-state index contributed by atoms with van der Waals surface area (Å²) in [5.74, 6) is -0.852. The van der Waals surface area contributed by atoms with Gasteiger partial charge in [-0.3, -0.25) is 14.9 Å². The van der Waals surface area contributed by atoms with Crippen LogP contribution in [0.5, 0.6) is 5.75 Å². The van der Waals surface area contributed by atoms with Crippen molar-refractivity contribution in [2.45, 2.75) is 13.0 Å². The van der Waals surface area contributed by atoms with Crippen molar-refractivity contribution in [1.29, 1.82) is 0 Å². The molecule has 4 amide bonds. The average Bonchev–Trinajstić information content (AvgIpc) is 2.93. The minimum absolute atomic E-state index is 0.134. The van der Waals surface area contributed by atoms with Gasteiger partial charge in [0, 0.05) is 8.95 Å². The Bertz CT molecular complexity index is 1580. The minimum Gasteiger partial charge on any atom is -0.489 e. The Morgan fingerprint density at radius 3 is 2.26 bits per heavy atom. The monoisotopic (exact) mass is 644 g/mol. The molecule has 5 rings (SSSR count). The van der Waals surface area contributed by atoms with Gasteiger partial charge in [0.25, 0.3) is 11.8 Å². The Morgan fingerprint density at radius 2 is 1.51 bits per heavy atom. The van der Waals surface area contributed by atoms with Crippen molar-refractivity contribution in [2.24, 2.45) is 0 Å². The van der Waals surface area contributed by atoms with Crippen LogP contribution >= 0.6 is 31.9 Å². The van der Waals surface area contributed by atoms with Crippen molar-refractivity contribution in [3.8, 4) is 5.75 Å². The maximum absolute atomic E-state index is 13.5. The molecule has 1 N–H and O–H groups in total. The number of rotatable bonds is 7. The second-order valence-electron chi connectivity index (χ2n) is 8.84. The highest BCUT2D eigenvalue weighted by molar-refractivity contribution is 9.10. The van der Waals surface area contributed by atoms with Gasteiger partial charge < -0.3 is 4.74 Å². The molecular formula is C31H22Br2N2O4. The number of hydrogen-bond acceptors (Lipinski definition) is 4. The third kappa shape index (κ3) is 6.19. The number of urea groups is 1. The zero-order valence-electron chi connectivity index (χ0n) is 20.6. The molecule has 39 heavy (non-hydrogen) atoms. The Hall–Kier alpha value is -4.01. The van der Waals surface area contributed by atoms with Crippen LogP contribution in [0.25, 0.3) is 6.08 Å². The van der Waals surface area contributed by atoms with Gasteiger partial charge in [-0.05, 0) is 77.2 Å². The van der Waals surface area contributed by atoms with Gasteiger partial charge in [-0.15, -0.1) is 0 Å². The summed E-state index contributed by atoms with van der Waals surface area (Å²) in [4.78, 5) is 39.9. The molecule has 4 aromatic carbocycles. The summed E-state index contributed by atoms with van der Waals surface area (Å²) in [7, 11) is 0. The molecule has 0 unspecified atom stereocenters. The first-order chi connectivity index (χ1) is 18.9. The van der Waals surface area contributed by atoms with E-state index < -0.39 is 17.8 Å². The Kier molecular flexibility index (Phi) is 8.05. The zero-order valence-corrected chi connectivity index (χ0v) is 23.7. The Balaban J connectivity index is 1.41. The topological polar surface area (TPSA) is 75.7 Å². The predicted octanol–water partition coefficient (Wildman–Crippen LogP) is 7.05. The van der Waals surface area contributed by atoms with Crippen LogP contribution in [-0.4, -0.2) is 17.8 Å². The molecular weight excluding hydrogens is 624 g/mol.